The van der Waals surface area contributed by atoms with Crippen LogP contribution in [0.1, 0.15) is 31.0 Å². The highest BCUT2D eigenvalue weighted by Gasteiger charge is 2.09. The maximum atomic E-state index is 5.75. The summed E-state index contributed by atoms with van der Waals surface area (Å²) in [5.41, 5.74) is 8.66. The second kappa shape index (κ2) is 4.18. The van der Waals surface area contributed by atoms with Crippen molar-refractivity contribution in [3.63, 3.8) is 0 Å². The molecule has 0 amide bonds. The van der Waals surface area contributed by atoms with Gasteiger partial charge in [0.15, 0.2) is 0 Å². The fraction of sp³-hybridized carbons (Fsp3) is 0.231. The van der Waals surface area contributed by atoms with Crippen molar-refractivity contribution in [1.29, 1.82) is 0 Å². The van der Waals surface area contributed by atoms with Crippen LogP contribution in [-0.2, 0) is 0 Å². The number of para-hydroxylation sites is 1. The number of hydrogen-bond acceptors (Lipinski definition) is 2. The molecular weight excluding hydrogens is 216 g/mol. The van der Waals surface area contributed by atoms with Gasteiger partial charge in [-0.3, -0.25) is 4.98 Å². The van der Waals surface area contributed by atoms with Crippen LogP contribution in [0.3, 0.4) is 0 Å². The van der Waals surface area contributed by atoms with Gasteiger partial charge in [-0.25, -0.2) is 0 Å². The molecule has 0 atom stereocenters. The second-order valence-electron chi connectivity index (χ2n) is 4.13. The molecule has 16 heavy (non-hydrogen) atoms. The maximum Gasteiger partial charge on any atom is 0.104 e. The van der Waals surface area contributed by atoms with Gasteiger partial charge < -0.3 is 5.73 Å². The minimum Gasteiger partial charge on any atom is -0.389 e. The normalized spacial score (nSPS) is 10.9. The summed E-state index contributed by atoms with van der Waals surface area (Å²) in [4.78, 5) is 5.03. The molecule has 0 aliphatic rings. The van der Waals surface area contributed by atoms with Crippen molar-refractivity contribution in [1.82, 2.24) is 4.98 Å². The predicted octanol–water partition coefficient (Wildman–Crippen LogP) is 2.99. The topological polar surface area (TPSA) is 38.9 Å². The summed E-state index contributed by atoms with van der Waals surface area (Å²) >= 11 is 5.09. The minimum atomic E-state index is 0.373. The molecule has 2 nitrogen and oxygen atoms in total. The molecule has 0 aliphatic heterocycles. The van der Waals surface area contributed by atoms with E-state index in [0.29, 0.717) is 10.9 Å². The van der Waals surface area contributed by atoms with E-state index >= 15 is 0 Å². The quantitative estimate of drug-likeness (QED) is 0.806. The lowest BCUT2D eigenvalue weighted by Gasteiger charge is -2.10. The first-order chi connectivity index (χ1) is 7.59. The first-order valence-corrected chi connectivity index (χ1v) is 5.70. The van der Waals surface area contributed by atoms with Crippen molar-refractivity contribution in [3.05, 3.63) is 41.6 Å². The number of pyridine rings is 1. The molecule has 0 unspecified atom stereocenters. The summed E-state index contributed by atoms with van der Waals surface area (Å²) in [7, 11) is 0. The smallest absolute Gasteiger partial charge is 0.104 e. The Morgan fingerprint density at radius 2 is 2.00 bits per heavy atom. The Morgan fingerprint density at radius 3 is 2.62 bits per heavy atom. The molecule has 2 N–H and O–H groups in total. The van der Waals surface area contributed by atoms with Gasteiger partial charge in [0.1, 0.15) is 4.99 Å². The van der Waals surface area contributed by atoms with Crippen LogP contribution >= 0.6 is 12.2 Å². The number of rotatable bonds is 2. The largest absolute Gasteiger partial charge is 0.389 e. The third kappa shape index (κ3) is 1.91. The Kier molecular flexibility index (Phi) is 2.88. The Balaban J connectivity index is 2.79. The number of aromatic nitrogens is 1. The number of hydrogen-bond donors (Lipinski definition) is 1. The third-order valence-electron chi connectivity index (χ3n) is 2.59. The second-order valence-corrected chi connectivity index (χ2v) is 4.57. The van der Waals surface area contributed by atoms with Crippen LogP contribution in [0.15, 0.2) is 30.3 Å². The average molecular weight is 230 g/mol. The highest BCUT2D eigenvalue weighted by Crippen LogP contribution is 2.22. The molecule has 1 heterocycles. The van der Waals surface area contributed by atoms with Gasteiger partial charge in [0, 0.05) is 16.6 Å². The molecule has 2 aromatic rings. The lowest BCUT2D eigenvalue weighted by molar-refractivity contribution is 0.829. The summed E-state index contributed by atoms with van der Waals surface area (Å²) in [6, 6.07) is 9.93. The maximum absolute atomic E-state index is 5.75. The standard InChI is InChI=1S/C13H14N2S/c1-8(2)12-7-10(13(14)16)9-5-3-4-6-11(9)15-12/h3-8H,1-2H3,(H2,14,16). The van der Waals surface area contributed by atoms with Crippen molar-refractivity contribution >= 4 is 28.1 Å². The van der Waals surface area contributed by atoms with Gasteiger partial charge in [0.25, 0.3) is 0 Å². The van der Waals surface area contributed by atoms with Crippen molar-refractivity contribution in [3.8, 4) is 0 Å². The highest BCUT2D eigenvalue weighted by molar-refractivity contribution is 7.80. The van der Waals surface area contributed by atoms with Crippen molar-refractivity contribution in [2.24, 2.45) is 5.73 Å². The van der Waals surface area contributed by atoms with Crippen molar-refractivity contribution < 1.29 is 0 Å². The van der Waals surface area contributed by atoms with Gasteiger partial charge in [-0.2, -0.15) is 0 Å². The number of nitrogens with zero attached hydrogens (tertiary/aromatic N) is 1. The monoisotopic (exact) mass is 230 g/mol. The summed E-state index contributed by atoms with van der Waals surface area (Å²) < 4.78 is 0. The van der Waals surface area contributed by atoms with E-state index in [1.54, 1.807) is 0 Å². The van der Waals surface area contributed by atoms with Crippen LogP contribution in [0.5, 0.6) is 0 Å². The summed E-state index contributed by atoms with van der Waals surface area (Å²) in [5.74, 6) is 0.373. The minimum absolute atomic E-state index is 0.373. The lowest BCUT2D eigenvalue weighted by Crippen LogP contribution is -2.11. The fourth-order valence-corrected chi connectivity index (χ4v) is 1.86. The van der Waals surface area contributed by atoms with E-state index in [1.165, 1.54) is 0 Å². The zero-order valence-electron chi connectivity index (χ0n) is 9.40. The van der Waals surface area contributed by atoms with Crippen LogP contribution in [-0.4, -0.2) is 9.97 Å². The molecule has 82 valence electrons. The van der Waals surface area contributed by atoms with E-state index in [2.05, 4.69) is 18.8 Å². The molecule has 0 spiro atoms. The molecular formula is C13H14N2S. The SMILES string of the molecule is CC(C)c1cc(C(N)=S)c2ccccc2n1. The Morgan fingerprint density at radius 1 is 1.31 bits per heavy atom. The first kappa shape index (κ1) is 11.0. The van der Waals surface area contributed by atoms with Crippen LogP contribution in [0.4, 0.5) is 0 Å². The van der Waals surface area contributed by atoms with Gasteiger partial charge in [-0.05, 0) is 18.1 Å². The molecule has 3 heteroatoms. The molecule has 2 rings (SSSR count). The first-order valence-electron chi connectivity index (χ1n) is 5.29. The average Bonchev–Trinajstić information content (AvgIpc) is 2.27. The molecule has 0 saturated carbocycles. The number of benzene rings is 1. The molecule has 0 bridgehead atoms. The number of nitrogens with two attached hydrogens (primary N) is 1. The predicted molar refractivity (Wildman–Crippen MR) is 71.7 cm³/mol. The van der Waals surface area contributed by atoms with E-state index < -0.39 is 0 Å². The van der Waals surface area contributed by atoms with E-state index in [4.69, 9.17) is 18.0 Å². The third-order valence-corrected chi connectivity index (χ3v) is 2.81. The highest BCUT2D eigenvalue weighted by atomic mass is 32.1. The molecule has 0 aliphatic carbocycles. The van der Waals surface area contributed by atoms with Crippen LogP contribution in [0.25, 0.3) is 10.9 Å². The number of thiocarbonyl (C=S) groups is 1. The van der Waals surface area contributed by atoms with Gasteiger partial charge >= 0.3 is 0 Å². The summed E-state index contributed by atoms with van der Waals surface area (Å²) in [6.07, 6.45) is 0. The Labute approximate surface area is 100 Å². The molecule has 1 aromatic heterocycles. The van der Waals surface area contributed by atoms with Crippen molar-refractivity contribution in [2.75, 3.05) is 0 Å². The Hall–Kier alpha value is -1.48. The van der Waals surface area contributed by atoms with Crippen LogP contribution < -0.4 is 5.73 Å². The molecule has 0 radical (unpaired) electrons. The zero-order valence-corrected chi connectivity index (χ0v) is 10.2. The lowest BCUT2D eigenvalue weighted by atomic mass is 10.0. The van der Waals surface area contributed by atoms with E-state index in [1.807, 2.05) is 30.3 Å². The van der Waals surface area contributed by atoms with Gasteiger partial charge in [0.2, 0.25) is 0 Å². The fourth-order valence-electron chi connectivity index (χ4n) is 1.70. The summed E-state index contributed by atoms with van der Waals surface area (Å²) in [6.45, 7) is 4.22. The number of fused-ring (bicyclic) bond motifs is 1. The van der Waals surface area contributed by atoms with Gasteiger partial charge in [-0.15, -0.1) is 0 Å². The van der Waals surface area contributed by atoms with Crippen LogP contribution in [0.2, 0.25) is 0 Å². The van der Waals surface area contributed by atoms with Gasteiger partial charge in [-0.1, -0.05) is 44.3 Å². The zero-order chi connectivity index (χ0) is 11.7. The molecule has 0 saturated heterocycles. The summed E-state index contributed by atoms with van der Waals surface area (Å²) in [5, 5.41) is 1.03. The molecule has 0 fully saturated rings. The van der Waals surface area contributed by atoms with Crippen molar-refractivity contribution in [2.45, 2.75) is 19.8 Å². The molecule has 1 aromatic carbocycles. The van der Waals surface area contributed by atoms with E-state index in [9.17, 15) is 0 Å². The van der Waals surface area contributed by atoms with Crippen LogP contribution in [0, 0.1) is 0 Å². The van der Waals surface area contributed by atoms with Gasteiger partial charge in [0.05, 0.1) is 5.52 Å². The van der Waals surface area contributed by atoms with E-state index in [0.717, 1.165) is 22.2 Å². The van der Waals surface area contributed by atoms with E-state index in [-0.39, 0.29) is 0 Å². The Bertz CT molecular complexity index is 547.